The number of nitrogens with zero attached hydrogens (tertiary/aromatic N) is 1. The van der Waals surface area contributed by atoms with E-state index in [4.69, 9.17) is 10.5 Å². The van der Waals surface area contributed by atoms with Crippen LogP contribution in [-0.4, -0.2) is 14.2 Å². The third-order valence-electron chi connectivity index (χ3n) is 3.15. The zero-order valence-electron chi connectivity index (χ0n) is 10.9. The average molecular weight is 262 g/mol. The van der Waals surface area contributed by atoms with E-state index >= 15 is 0 Å². The molecule has 4 heteroatoms. The van der Waals surface area contributed by atoms with E-state index in [2.05, 4.69) is 36.4 Å². The first-order valence-electron chi connectivity index (χ1n) is 5.83. The van der Waals surface area contributed by atoms with Crippen LogP contribution in [0.25, 0.3) is 0 Å². The van der Waals surface area contributed by atoms with Crippen LogP contribution >= 0.6 is 11.3 Å². The van der Waals surface area contributed by atoms with Gasteiger partial charge in [-0.3, -0.25) is 0 Å². The summed E-state index contributed by atoms with van der Waals surface area (Å²) in [6.07, 6.45) is 0. The molecule has 0 radical (unpaired) electrons. The van der Waals surface area contributed by atoms with Crippen LogP contribution in [-0.2, 0) is 0 Å². The van der Waals surface area contributed by atoms with Gasteiger partial charge in [-0.1, -0.05) is 6.07 Å². The normalized spacial score (nSPS) is 12.2. The van der Waals surface area contributed by atoms with Gasteiger partial charge in [0.25, 0.3) is 0 Å². The van der Waals surface area contributed by atoms with Crippen molar-refractivity contribution in [1.29, 1.82) is 0 Å². The van der Waals surface area contributed by atoms with Gasteiger partial charge in [0.1, 0.15) is 5.75 Å². The summed E-state index contributed by atoms with van der Waals surface area (Å²) in [5.74, 6) is 0.824. The molecule has 1 heterocycles. The number of hydrogen-bond acceptors (Lipinski definition) is 4. The van der Waals surface area contributed by atoms with E-state index in [0.29, 0.717) is 6.04 Å². The number of ether oxygens (including phenoxy) is 1. The highest BCUT2D eigenvalue weighted by atomic mass is 32.1. The predicted molar refractivity (Wildman–Crippen MR) is 78.5 cm³/mol. The Morgan fingerprint density at radius 3 is 2.72 bits per heavy atom. The van der Waals surface area contributed by atoms with Gasteiger partial charge in [-0.15, -0.1) is 11.3 Å². The third kappa shape index (κ3) is 2.43. The fraction of sp³-hybridized carbons (Fsp3) is 0.286. The van der Waals surface area contributed by atoms with Gasteiger partial charge in [0.05, 0.1) is 24.5 Å². The molecule has 18 heavy (non-hydrogen) atoms. The molecule has 0 saturated carbocycles. The van der Waals surface area contributed by atoms with E-state index < -0.39 is 0 Å². The molecule has 3 nitrogen and oxygen atoms in total. The number of nitrogens with two attached hydrogens (primary N) is 1. The zero-order chi connectivity index (χ0) is 13.1. The Bertz CT molecular complexity index is 511. The Morgan fingerprint density at radius 2 is 2.11 bits per heavy atom. The third-order valence-corrected chi connectivity index (χ3v) is 4.20. The van der Waals surface area contributed by atoms with Crippen molar-refractivity contribution in [3.8, 4) is 5.75 Å². The molecule has 2 aromatic rings. The molecule has 0 spiro atoms. The van der Waals surface area contributed by atoms with E-state index in [9.17, 15) is 0 Å². The SMILES string of the molecule is COc1ccc(N)c(N(C)C(C)c2cccs2)c1. The minimum atomic E-state index is 0.291. The lowest BCUT2D eigenvalue weighted by Gasteiger charge is -2.27. The lowest BCUT2D eigenvalue weighted by molar-refractivity contribution is 0.415. The molecule has 0 aliphatic carbocycles. The minimum absolute atomic E-state index is 0.291. The average Bonchev–Trinajstić information content (AvgIpc) is 2.91. The Kier molecular flexibility index (Phi) is 3.77. The summed E-state index contributed by atoms with van der Waals surface area (Å²) >= 11 is 1.76. The van der Waals surface area contributed by atoms with Crippen LogP contribution in [0.4, 0.5) is 11.4 Å². The summed E-state index contributed by atoms with van der Waals surface area (Å²) in [6, 6.07) is 10.2. The first-order chi connectivity index (χ1) is 8.63. The Labute approximate surface area is 112 Å². The maximum Gasteiger partial charge on any atom is 0.121 e. The Morgan fingerprint density at radius 1 is 1.33 bits per heavy atom. The highest BCUT2D eigenvalue weighted by Gasteiger charge is 2.15. The first-order valence-corrected chi connectivity index (χ1v) is 6.71. The molecule has 0 saturated heterocycles. The van der Waals surface area contributed by atoms with Crippen LogP contribution in [0.3, 0.4) is 0 Å². The molecule has 0 amide bonds. The molecular formula is C14H18N2OS. The molecular weight excluding hydrogens is 244 g/mol. The summed E-state index contributed by atoms with van der Waals surface area (Å²) in [7, 11) is 3.72. The predicted octanol–water partition coefficient (Wildman–Crippen LogP) is 3.54. The molecule has 1 aromatic heterocycles. The van der Waals surface area contributed by atoms with Crippen LogP contribution in [0, 0.1) is 0 Å². The second-order valence-electron chi connectivity index (χ2n) is 4.23. The van der Waals surface area contributed by atoms with Gasteiger partial charge in [0, 0.05) is 18.0 Å². The standard InChI is InChI=1S/C14H18N2OS/c1-10(14-5-4-8-18-14)16(2)13-9-11(17-3)6-7-12(13)15/h4-10H,15H2,1-3H3. The van der Waals surface area contributed by atoms with E-state index in [1.165, 1.54) is 4.88 Å². The fourth-order valence-electron chi connectivity index (χ4n) is 1.88. The van der Waals surface area contributed by atoms with E-state index in [0.717, 1.165) is 17.1 Å². The first kappa shape index (κ1) is 12.8. The van der Waals surface area contributed by atoms with Gasteiger partial charge in [0.2, 0.25) is 0 Å². The van der Waals surface area contributed by atoms with Crippen LogP contribution in [0.15, 0.2) is 35.7 Å². The van der Waals surface area contributed by atoms with Crippen molar-refractivity contribution < 1.29 is 4.74 Å². The maximum absolute atomic E-state index is 6.04. The van der Waals surface area contributed by atoms with Gasteiger partial charge in [-0.2, -0.15) is 0 Å². The Balaban J connectivity index is 2.30. The largest absolute Gasteiger partial charge is 0.497 e. The number of nitrogen functional groups attached to an aromatic ring is 1. The van der Waals surface area contributed by atoms with E-state index in [1.807, 2.05) is 18.2 Å². The smallest absolute Gasteiger partial charge is 0.121 e. The quantitative estimate of drug-likeness (QED) is 0.857. The van der Waals surface area contributed by atoms with Gasteiger partial charge in [-0.05, 0) is 30.5 Å². The molecule has 2 rings (SSSR count). The van der Waals surface area contributed by atoms with Gasteiger partial charge < -0.3 is 15.4 Å². The highest BCUT2D eigenvalue weighted by molar-refractivity contribution is 7.10. The molecule has 1 aromatic carbocycles. The lowest BCUT2D eigenvalue weighted by Crippen LogP contribution is -2.21. The van der Waals surface area contributed by atoms with Crippen LogP contribution in [0.2, 0.25) is 0 Å². The van der Waals surface area contributed by atoms with Crippen molar-refractivity contribution in [3.05, 3.63) is 40.6 Å². The monoisotopic (exact) mass is 262 g/mol. The molecule has 96 valence electrons. The van der Waals surface area contributed by atoms with Crippen LogP contribution in [0.5, 0.6) is 5.75 Å². The van der Waals surface area contributed by atoms with Gasteiger partial charge >= 0.3 is 0 Å². The topological polar surface area (TPSA) is 38.5 Å². The second kappa shape index (κ2) is 5.31. The number of methoxy groups -OCH3 is 1. The van der Waals surface area contributed by atoms with Gasteiger partial charge in [0.15, 0.2) is 0 Å². The summed E-state index contributed by atoms with van der Waals surface area (Å²) < 4.78 is 5.25. The number of anilines is 2. The van der Waals surface area contributed by atoms with Crippen LogP contribution in [0.1, 0.15) is 17.8 Å². The van der Waals surface area contributed by atoms with Crippen molar-refractivity contribution in [3.63, 3.8) is 0 Å². The van der Waals surface area contributed by atoms with Crippen LogP contribution < -0.4 is 15.4 Å². The molecule has 1 unspecified atom stereocenters. The molecule has 0 aliphatic rings. The van der Waals surface area contributed by atoms with Crippen molar-refractivity contribution in [2.24, 2.45) is 0 Å². The highest BCUT2D eigenvalue weighted by Crippen LogP contribution is 2.33. The van der Waals surface area contributed by atoms with Crippen molar-refractivity contribution in [2.75, 3.05) is 24.8 Å². The van der Waals surface area contributed by atoms with E-state index in [-0.39, 0.29) is 0 Å². The van der Waals surface area contributed by atoms with Crippen molar-refractivity contribution in [2.45, 2.75) is 13.0 Å². The second-order valence-corrected chi connectivity index (χ2v) is 5.21. The summed E-state index contributed by atoms with van der Waals surface area (Å²) in [5, 5.41) is 2.09. The zero-order valence-corrected chi connectivity index (χ0v) is 11.7. The fourth-order valence-corrected chi connectivity index (χ4v) is 2.71. The maximum atomic E-state index is 6.04. The Hall–Kier alpha value is -1.68. The number of hydrogen-bond donors (Lipinski definition) is 1. The summed E-state index contributed by atoms with van der Waals surface area (Å²) in [5.41, 5.74) is 7.80. The number of benzene rings is 1. The lowest BCUT2D eigenvalue weighted by atomic mass is 10.2. The van der Waals surface area contributed by atoms with Gasteiger partial charge in [-0.25, -0.2) is 0 Å². The molecule has 1 atom stereocenters. The van der Waals surface area contributed by atoms with Crippen molar-refractivity contribution >= 4 is 22.7 Å². The number of thiophene rings is 1. The minimum Gasteiger partial charge on any atom is -0.497 e. The molecule has 0 aliphatic heterocycles. The number of rotatable bonds is 4. The molecule has 0 fully saturated rings. The van der Waals surface area contributed by atoms with Crippen molar-refractivity contribution in [1.82, 2.24) is 0 Å². The molecule has 2 N–H and O–H groups in total. The van der Waals surface area contributed by atoms with E-state index in [1.54, 1.807) is 18.4 Å². The summed E-state index contributed by atoms with van der Waals surface area (Å²) in [4.78, 5) is 3.49. The molecule has 0 bridgehead atoms. The summed E-state index contributed by atoms with van der Waals surface area (Å²) in [6.45, 7) is 2.17.